The molecule has 0 radical (unpaired) electrons. The van der Waals surface area contributed by atoms with E-state index in [1.165, 1.54) is 59.4 Å². The number of aromatic nitrogens is 5. The van der Waals surface area contributed by atoms with E-state index in [-0.39, 0.29) is 22.8 Å². The lowest BCUT2D eigenvalue weighted by molar-refractivity contribution is -0.734. The average molecular weight is 591 g/mol. The van der Waals surface area contributed by atoms with Crippen molar-refractivity contribution in [3.8, 4) is 33.7 Å². The molecule has 2 aromatic heterocycles. The van der Waals surface area contributed by atoms with Gasteiger partial charge < -0.3 is 9.47 Å². The van der Waals surface area contributed by atoms with Crippen molar-refractivity contribution in [1.82, 2.24) is 20.0 Å². The third kappa shape index (κ3) is 5.07. The largest absolute Gasteiger partial charge is 0.497 e. The first kappa shape index (κ1) is 26.6. The molecule has 0 aliphatic rings. The zero-order valence-electron chi connectivity index (χ0n) is 20.5. The van der Waals surface area contributed by atoms with Gasteiger partial charge in [-0.25, -0.2) is 4.98 Å². The molecule has 0 atom stereocenters. The van der Waals surface area contributed by atoms with E-state index in [0.29, 0.717) is 22.0 Å². The predicted octanol–water partition coefficient (Wildman–Crippen LogP) is 2.64. The van der Waals surface area contributed by atoms with Gasteiger partial charge >= 0.3 is 5.82 Å². The van der Waals surface area contributed by atoms with E-state index in [1.54, 1.807) is 31.2 Å². The Morgan fingerprint density at radius 3 is 2.31 bits per heavy atom. The van der Waals surface area contributed by atoms with Crippen LogP contribution in [-0.4, -0.2) is 60.1 Å². The molecular formula is C23H20N5O8S3+. The lowest BCUT2D eigenvalue weighted by atomic mass is 10.1. The van der Waals surface area contributed by atoms with Crippen LogP contribution in [0.15, 0.2) is 64.4 Å². The van der Waals surface area contributed by atoms with Gasteiger partial charge in [0.05, 0.1) is 35.1 Å². The second-order valence-corrected chi connectivity index (χ2v) is 12.0. The SMILES string of the molecule is COc1ccc2nc(-n3nc(-c4ccc(C)cc4S(=O)(=O)O)n[n+]3-c3ccc(OC)c(S(=O)(=O)O)c3)sc2c1. The molecule has 0 amide bonds. The van der Waals surface area contributed by atoms with Gasteiger partial charge in [-0.05, 0) is 64.8 Å². The highest BCUT2D eigenvalue weighted by Gasteiger charge is 2.31. The maximum absolute atomic E-state index is 12.2. The summed E-state index contributed by atoms with van der Waals surface area (Å²) in [5.74, 6) is 0.395. The summed E-state index contributed by atoms with van der Waals surface area (Å²) in [4.78, 5) is 6.09. The maximum Gasteiger partial charge on any atom is 0.341 e. The van der Waals surface area contributed by atoms with Gasteiger partial charge in [-0.1, -0.05) is 17.4 Å². The number of aryl methyl sites for hydroxylation is 1. The van der Waals surface area contributed by atoms with E-state index in [0.717, 1.165) is 10.8 Å². The number of hydrogen-bond donors (Lipinski definition) is 2. The molecule has 39 heavy (non-hydrogen) atoms. The fraction of sp³-hybridized carbons (Fsp3) is 0.130. The summed E-state index contributed by atoms with van der Waals surface area (Å²) >= 11 is 1.22. The number of nitrogens with zero attached hydrogens (tertiary/aromatic N) is 5. The number of tetrazole rings is 1. The fourth-order valence-electron chi connectivity index (χ4n) is 3.81. The van der Waals surface area contributed by atoms with Gasteiger partial charge in [0.1, 0.15) is 21.3 Å². The first-order chi connectivity index (χ1) is 18.4. The minimum Gasteiger partial charge on any atom is -0.497 e. The second kappa shape index (κ2) is 9.65. The lowest BCUT2D eigenvalue weighted by Gasteiger charge is -2.06. The minimum absolute atomic E-state index is 0.00175. The summed E-state index contributed by atoms with van der Waals surface area (Å²) in [7, 11) is -6.56. The van der Waals surface area contributed by atoms with E-state index in [4.69, 9.17) is 9.47 Å². The van der Waals surface area contributed by atoms with Gasteiger partial charge in [-0.15, -0.1) is 0 Å². The molecule has 0 spiro atoms. The normalized spacial score (nSPS) is 12.1. The maximum atomic E-state index is 12.2. The van der Waals surface area contributed by atoms with Gasteiger partial charge in [-0.3, -0.25) is 9.11 Å². The van der Waals surface area contributed by atoms with Crippen molar-refractivity contribution in [1.29, 1.82) is 0 Å². The van der Waals surface area contributed by atoms with E-state index in [2.05, 4.69) is 15.2 Å². The van der Waals surface area contributed by atoms with Gasteiger partial charge in [0, 0.05) is 10.9 Å². The zero-order chi connectivity index (χ0) is 28.1. The predicted molar refractivity (Wildman–Crippen MR) is 139 cm³/mol. The van der Waals surface area contributed by atoms with E-state index >= 15 is 0 Å². The number of benzene rings is 3. The van der Waals surface area contributed by atoms with Crippen molar-refractivity contribution in [2.75, 3.05) is 14.2 Å². The molecule has 3 aromatic carbocycles. The summed E-state index contributed by atoms with van der Waals surface area (Å²) in [5, 5.41) is 9.19. The highest BCUT2D eigenvalue weighted by molar-refractivity contribution is 7.86. The summed E-state index contributed by atoms with van der Waals surface area (Å²) in [5.41, 5.74) is 1.31. The van der Waals surface area contributed by atoms with Gasteiger partial charge in [-0.2, -0.15) is 16.8 Å². The van der Waals surface area contributed by atoms with Gasteiger partial charge in [0.15, 0.2) is 5.69 Å². The van der Waals surface area contributed by atoms with Gasteiger partial charge in [0.2, 0.25) is 0 Å². The molecule has 16 heteroatoms. The molecule has 2 heterocycles. The van der Waals surface area contributed by atoms with Gasteiger partial charge in [0.25, 0.3) is 25.4 Å². The van der Waals surface area contributed by atoms with Crippen molar-refractivity contribution < 1.29 is 40.2 Å². The highest BCUT2D eigenvalue weighted by Crippen LogP contribution is 2.30. The molecule has 5 rings (SSSR count). The molecule has 0 saturated heterocycles. The Hall–Kier alpha value is -3.96. The molecule has 0 fully saturated rings. The quantitative estimate of drug-likeness (QED) is 0.211. The third-order valence-corrected chi connectivity index (χ3v) is 8.38. The van der Waals surface area contributed by atoms with Crippen LogP contribution in [0.1, 0.15) is 5.56 Å². The number of fused-ring (bicyclic) bond motifs is 1. The van der Waals surface area contributed by atoms with Crippen LogP contribution in [0.4, 0.5) is 0 Å². The van der Waals surface area contributed by atoms with Crippen LogP contribution in [0.5, 0.6) is 11.5 Å². The first-order valence-electron chi connectivity index (χ1n) is 11.0. The van der Waals surface area contributed by atoms with E-state index in [1.807, 2.05) is 0 Å². The van der Waals surface area contributed by atoms with Crippen LogP contribution in [0.3, 0.4) is 0 Å². The molecule has 13 nitrogen and oxygen atoms in total. The average Bonchev–Trinajstić information content (AvgIpc) is 3.51. The lowest BCUT2D eigenvalue weighted by Crippen LogP contribution is -2.43. The molecule has 202 valence electrons. The van der Waals surface area contributed by atoms with Crippen LogP contribution in [-0.2, 0) is 20.2 Å². The van der Waals surface area contributed by atoms with Crippen molar-refractivity contribution in [3.05, 3.63) is 60.2 Å². The van der Waals surface area contributed by atoms with E-state index < -0.39 is 30.0 Å². The Bertz CT molecular complexity index is 1970. The Morgan fingerprint density at radius 1 is 0.897 bits per heavy atom. The van der Waals surface area contributed by atoms with Crippen molar-refractivity contribution in [3.63, 3.8) is 0 Å². The van der Waals surface area contributed by atoms with Crippen molar-refractivity contribution >= 4 is 41.8 Å². The van der Waals surface area contributed by atoms with Crippen LogP contribution < -0.4 is 14.3 Å². The summed E-state index contributed by atoms with van der Waals surface area (Å²) in [6, 6.07) is 13.5. The molecule has 0 aliphatic heterocycles. The molecule has 0 saturated carbocycles. The smallest absolute Gasteiger partial charge is 0.341 e. The fourth-order valence-corrected chi connectivity index (χ4v) is 6.19. The molecule has 2 N–H and O–H groups in total. The Kier molecular flexibility index (Phi) is 6.59. The number of methoxy groups -OCH3 is 2. The zero-order valence-corrected chi connectivity index (χ0v) is 23.0. The second-order valence-electron chi connectivity index (χ2n) is 8.22. The van der Waals surface area contributed by atoms with Crippen LogP contribution in [0, 0.1) is 6.92 Å². The van der Waals surface area contributed by atoms with Crippen LogP contribution in [0.2, 0.25) is 0 Å². The molecular weight excluding hydrogens is 570 g/mol. The number of ether oxygens (including phenoxy) is 2. The molecule has 0 bridgehead atoms. The van der Waals surface area contributed by atoms with Crippen molar-refractivity contribution in [2.45, 2.75) is 16.7 Å². The number of hydrogen-bond acceptors (Lipinski definition) is 10. The Labute approximate surface area is 226 Å². The topological polar surface area (TPSA) is 175 Å². The molecule has 0 aliphatic carbocycles. The summed E-state index contributed by atoms with van der Waals surface area (Å²) in [6.45, 7) is 1.66. The number of thiazole rings is 1. The van der Waals surface area contributed by atoms with E-state index in [9.17, 15) is 25.9 Å². The highest BCUT2D eigenvalue weighted by atomic mass is 32.2. The molecule has 0 unspecified atom stereocenters. The molecule has 5 aromatic rings. The standard InChI is InChI=1S/C23H19N5O8S3/c1-13-4-7-16(20(10-13)38(29,30)31)22-25-27(14-5-9-18(36-3)21(11-14)39(32,33)34)28(26-22)23-24-17-8-6-15(35-2)12-19(17)37-23/h4-12H,1-3H3,(H-,29,30,31,32,33,34)/p+1. The summed E-state index contributed by atoms with van der Waals surface area (Å²) in [6.07, 6.45) is 0. The monoisotopic (exact) mass is 590 g/mol. The minimum atomic E-state index is -4.69. The Morgan fingerprint density at radius 2 is 1.64 bits per heavy atom. The third-order valence-electron chi connectivity index (χ3n) is 5.63. The van der Waals surface area contributed by atoms with Crippen LogP contribution >= 0.6 is 11.3 Å². The van der Waals surface area contributed by atoms with Crippen molar-refractivity contribution in [2.24, 2.45) is 0 Å². The first-order valence-corrected chi connectivity index (χ1v) is 14.7. The van der Waals surface area contributed by atoms with Crippen LogP contribution in [0.25, 0.3) is 32.4 Å². The Balaban J connectivity index is 1.80. The summed E-state index contributed by atoms with van der Waals surface area (Å²) < 4.78 is 79.2. The number of rotatable bonds is 7.